The lowest BCUT2D eigenvalue weighted by atomic mass is 10.0. The van der Waals surface area contributed by atoms with Gasteiger partial charge in [0.1, 0.15) is 22.7 Å². The quantitative estimate of drug-likeness (QED) is 0.0121. The van der Waals surface area contributed by atoms with E-state index in [1.54, 1.807) is 0 Å². The number of hydrogen-bond donors (Lipinski definition) is 3. The molecule has 0 unspecified atom stereocenters. The number of likely N-dealkylation sites (N-methyl/N-ethyl adjacent to an activating group) is 1. The number of H-pyrrole nitrogens is 1. The van der Waals surface area contributed by atoms with E-state index in [9.17, 15) is 30.8 Å². The van der Waals surface area contributed by atoms with Gasteiger partial charge in [0.25, 0.3) is 0 Å². The topological polar surface area (TPSA) is 244 Å². The molecule has 4 N–H and O–H groups in total. The first-order valence-electron chi connectivity index (χ1n) is 24.9. The number of unbranched alkanes of at least 4 members (excludes halogenated alkanes) is 3. The van der Waals surface area contributed by atoms with Crippen molar-refractivity contribution in [2.75, 3.05) is 158 Å². The van der Waals surface area contributed by atoms with Crippen LogP contribution in [0.2, 0.25) is 0 Å². The van der Waals surface area contributed by atoms with Crippen molar-refractivity contribution in [1.82, 2.24) is 19.9 Å². The number of nitrogens with zero attached hydrogens (tertiary/aromatic N) is 3. The fraction of sp³-hybridized carbons (Fsp3) is 0.653. The van der Waals surface area contributed by atoms with E-state index in [-0.39, 0.29) is 33.0 Å². The lowest BCUT2D eigenvalue weighted by Crippen LogP contribution is -2.25. The highest BCUT2D eigenvalue weighted by Crippen LogP contribution is 2.33. The number of ether oxygens (including phenoxy) is 11. The number of rotatable bonds is 44. The molecule has 0 saturated heterocycles. The molecule has 2 heterocycles. The second-order valence-electron chi connectivity index (χ2n) is 16.7. The van der Waals surface area contributed by atoms with Crippen LogP contribution in [-0.2, 0) is 75.1 Å². The molecular formula is C49H73F4N5O15S. The number of benzene rings is 2. The van der Waals surface area contributed by atoms with Crippen molar-refractivity contribution in [3.63, 3.8) is 0 Å². The van der Waals surface area contributed by atoms with Crippen LogP contribution < -0.4 is 10.5 Å². The summed E-state index contributed by atoms with van der Waals surface area (Å²) in [6.07, 6.45) is 6.93. The Kier molecular flexibility index (Phi) is 30.3. The Hall–Kier alpha value is -4.22. The minimum absolute atomic E-state index is 0.0280. The Morgan fingerprint density at radius 1 is 0.622 bits per heavy atom. The molecule has 74 heavy (non-hydrogen) atoms. The number of fused-ring (bicyclic) bond motifs is 3. The molecule has 0 saturated carbocycles. The van der Waals surface area contributed by atoms with Crippen LogP contribution in [0.25, 0.3) is 21.9 Å². The van der Waals surface area contributed by atoms with Gasteiger partial charge in [-0.1, -0.05) is 31.9 Å². The number of carbonyl (C=O) groups is 1. The smallest absolute Gasteiger partial charge is 0.313 e. The second kappa shape index (κ2) is 35.9. The largest absolute Gasteiger partial charge is 0.420 e. The Morgan fingerprint density at radius 3 is 1.57 bits per heavy atom. The van der Waals surface area contributed by atoms with Crippen LogP contribution >= 0.6 is 0 Å². The number of nitrogens with two attached hydrogens (primary N) is 1. The van der Waals surface area contributed by atoms with Gasteiger partial charge in [0.15, 0.2) is 16.5 Å². The van der Waals surface area contributed by atoms with E-state index < -0.39 is 56.4 Å². The number of anilines is 1. The van der Waals surface area contributed by atoms with Gasteiger partial charge in [-0.3, -0.25) is 9.35 Å². The minimum atomic E-state index is -5.64. The van der Waals surface area contributed by atoms with E-state index in [4.69, 9.17) is 62.6 Å². The van der Waals surface area contributed by atoms with E-state index in [1.165, 1.54) is 5.56 Å². The summed E-state index contributed by atoms with van der Waals surface area (Å²) in [7, 11) is -3.52. The van der Waals surface area contributed by atoms with Crippen LogP contribution in [0.5, 0.6) is 5.75 Å². The van der Waals surface area contributed by atoms with Crippen molar-refractivity contribution >= 4 is 43.8 Å². The summed E-state index contributed by atoms with van der Waals surface area (Å²) in [6.45, 7) is 11.2. The number of aromatic nitrogens is 3. The van der Waals surface area contributed by atoms with Crippen LogP contribution in [0.1, 0.15) is 56.8 Å². The van der Waals surface area contributed by atoms with Gasteiger partial charge in [0, 0.05) is 18.4 Å². The summed E-state index contributed by atoms with van der Waals surface area (Å²) < 4.78 is 145. The van der Waals surface area contributed by atoms with E-state index in [2.05, 4.69) is 51.8 Å². The van der Waals surface area contributed by atoms with Crippen molar-refractivity contribution in [3.05, 3.63) is 52.9 Å². The van der Waals surface area contributed by atoms with E-state index in [0.29, 0.717) is 105 Å². The second-order valence-corrected chi connectivity index (χ2v) is 18.1. The molecule has 20 nitrogen and oxygen atoms in total. The molecule has 0 fully saturated rings. The van der Waals surface area contributed by atoms with Gasteiger partial charge in [-0.05, 0) is 50.9 Å². The van der Waals surface area contributed by atoms with Crippen molar-refractivity contribution in [3.8, 4) is 5.75 Å². The highest BCUT2D eigenvalue weighted by Gasteiger charge is 2.34. The average molecular weight is 1080 g/mol. The third kappa shape index (κ3) is 23.3. The summed E-state index contributed by atoms with van der Waals surface area (Å²) in [5.74, 6) is -11.2. The Bertz CT molecular complexity index is 2330. The molecule has 4 aromatic rings. The van der Waals surface area contributed by atoms with Crippen LogP contribution in [0.3, 0.4) is 0 Å². The molecule has 0 bridgehead atoms. The average Bonchev–Trinajstić information content (AvgIpc) is 3.81. The molecule has 0 aliphatic carbocycles. The monoisotopic (exact) mass is 1080 g/mol. The number of aromatic amines is 1. The minimum Gasteiger partial charge on any atom is -0.420 e. The maximum Gasteiger partial charge on any atom is 0.313 e. The maximum atomic E-state index is 14.0. The van der Waals surface area contributed by atoms with E-state index in [1.807, 2.05) is 0 Å². The van der Waals surface area contributed by atoms with Crippen molar-refractivity contribution in [2.24, 2.45) is 0 Å². The van der Waals surface area contributed by atoms with Gasteiger partial charge in [0.05, 0.1) is 144 Å². The van der Waals surface area contributed by atoms with Gasteiger partial charge in [0.2, 0.25) is 17.4 Å². The lowest BCUT2D eigenvalue weighted by Gasteiger charge is -2.16. The van der Waals surface area contributed by atoms with Gasteiger partial charge >= 0.3 is 16.1 Å². The number of carbonyl (C=O) groups excluding carboxylic acids is 1. The molecule has 0 aliphatic rings. The lowest BCUT2D eigenvalue weighted by molar-refractivity contribution is -0.136. The zero-order valence-electron chi connectivity index (χ0n) is 42.4. The summed E-state index contributed by atoms with van der Waals surface area (Å²) in [5, 5.41) is 1.04. The first-order valence-corrected chi connectivity index (χ1v) is 26.3. The summed E-state index contributed by atoms with van der Waals surface area (Å²) in [6, 6.07) is 6.47. The number of pyridine rings is 1. The van der Waals surface area contributed by atoms with Crippen molar-refractivity contribution < 1.29 is 87.4 Å². The molecule has 4 rings (SSSR count). The Morgan fingerprint density at radius 2 is 1.09 bits per heavy atom. The number of nitrogens with one attached hydrogen (secondary N) is 1. The highest BCUT2D eigenvalue weighted by molar-refractivity contribution is 7.85. The molecule has 25 heteroatoms. The van der Waals surface area contributed by atoms with Gasteiger partial charge < -0.3 is 67.7 Å². The molecule has 0 aliphatic heterocycles. The van der Waals surface area contributed by atoms with Crippen molar-refractivity contribution in [2.45, 2.75) is 63.2 Å². The fourth-order valence-electron chi connectivity index (χ4n) is 7.01. The molecular weight excluding hydrogens is 1010 g/mol. The number of halogens is 4. The van der Waals surface area contributed by atoms with Crippen LogP contribution in [-0.4, -0.2) is 191 Å². The summed E-state index contributed by atoms with van der Waals surface area (Å²) in [5.41, 5.74) is 10.2. The number of aryl methyl sites for hydroxylation is 2. The maximum absolute atomic E-state index is 14.0. The zero-order valence-corrected chi connectivity index (χ0v) is 43.3. The normalized spacial score (nSPS) is 12.1. The summed E-state index contributed by atoms with van der Waals surface area (Å²) >= 11 is 0. The highest BCUT2D eigenvalue weighted by atomic mass is 32.2. The third-order valence-electron chi connectivity index (χ3n) is 10.9. The zero-order chi connectivity index (χ0) is 53.4. The van der Waals surface area contributed by atoms with Crippen LogP contribution in [0, 0.1) is 23.3 Å². The van der Waals surface area contributed by atoms with Crippen molar-refractivity contribution in [1.29, 1.82) is 0 Å². The molecule has 0 atom stereocenters. The predicted octanol–water partition coefficient (Wildman–Crippen LogP) is 5.65. The van der Waals surface area contributed by atoms with Gasteiger partial charge in [-0.2, -0.15) is 17.2 Å². The number of imidazole rings is 1. The number of hydrogen-bond acceptors (Lipinski definition) is 18. The van der Waals surface area contributed by atoms with Crippen LogP contribution in [0.15, 0.2) is 23.1 Å². The molecule has 0 radical (unpaired) electrons. The van der Waals surface area contributed by atoms with Gasteiger partial charge in [-0.15, -0.1) is 0 Å². The molecule has 0 spiro atoms. The molecule has 2 aromatic heterocycles. The standard InChI is InChI=1S/C49H73F4N5O15S/c1-3-4-9-39-56-45-37-11-10-36(35-38(37)55-49(54)46(45)57-39)8-6-5-7-13-58(2)14-16-64-18-20-66-22-24-68-26-28-70-30-32-72-34-33-71-31-29-69-27-25-67-23-21-65-19-17-63-15-12-40(59)73-47-41(50)43(52)48(74(60,61)62)44(53)42(47)51/h10-11,35H,3-9,12-34H2,1-2H3,(H2,54,55)(H,56,57)(H,60,61,62). The van der Waals surface area contributed by atoms with Gasteiger partial charge in [-0.25, -0.2) is 18.7 Å². The first kappa shape index (κ1) is 62.3. The SMILES string of the molecule is CCCCc1nc2c([nH]1)c(N)nc1cc(CCCCCN(C)CCOCCOCCOCCOCCOCCOCCOCCOCCOCCOCCC(=O)Oc3c(F)c(F)c(S(=O)(=O)O)c(F)c3F)ccc12. The van der Waals surface area contributed by atoms with E-state index in [0.717, 1.165) is 85.8 Å². The molecule has 0 amide bonds. The third-order valence-corrected chi connectivity index (χ3v) is 11.8. The number of esters is 1. The Labute approximate surface area is 429 Å². The predicted molar refractivity (Wildman–Crippen MR) is 264 cm³/mol. The number of nitrogen functional groups attached to an aromatic ring is 1. The van der Waals surface area contributed by atoms with Crippen LogP contribution in [0.4, 0.5) is 23.4 Å². The Balaban J connectivity index is 0.810. The fourth-order valence-corrected chi connectivity index (χ4v) is 7.64. The summed E-state index contributed by atoms with van der Waals surface area (Å²) in [4.78, 5) is 24.7. The first-order chi connectivity index (χ1) is 35.8. The molecule has 2 aromatic carbocycles. The van der Waals surface area contributed by atoms with E-state index >= 15 is 0 Å². The molecule has 418 valence electrons.